The number of fused-ring (bicyclic) bond motifs is 1. The van der Waals surface area contributed by atoms with Crippen LogP contribution in [-0.2, 0) is 10.9 Å². The van der Waals surface area contributed by atoms with Crippen LogP contribution in [0.1, 0.15) is 65.9 Å². The van der Waals surface area contributed by atoms with Gasteiger partial charge in [-0.05, 0) is 49.1 Å². The molecule has 43 heavy (non-hydrogen) atoms. The minimum atomic E-state index is -5.02. The molecule has 0 fully saturated rings. The number of rotatable bonds is 10. The summed E-state index contributed by atoms with van der Waals surface area (Å²) in [5.74, 6) is -1.74. The van der Waals surface area contributed by atoms with Crippen molar-refractivity contribution in [3.8, 4) is 6.07 Å². The molecule has 0 bridgehead atoms. The summed E-state index contributed by atoms with van der Waals surface area (Å²) in [6.07, 6.45) is -0.218. The molecule has 1 aliphatic rings. The second-order valence-corrected chi connectivity index (χ2v) is 11.7. The first kappa shape index (κ1) is 34.0. The molecule has 1 unspecified atom stereocenters. The van der Waals surface area contributed by atoms with Crippen molar-refractivity contribution in [2.24, 2.45) is 5.92 Å². The second-order valence-electron chi connectivity index (χ2n) is 10.7. The SMILES string of the molecule is CC/C=C(/Nc1c(F)/c(=c2\ccc(F)c3c2=C(C#N)C(=N)S3)c(C(F)(F)F)c/c1=C(/C)N(C)C(CCCC)C(C)C)OC. The fourth-order valence-corrected chi connectivity index (χ4v) is 6.29. The number of ether oxygens (including phenoxy) is 1. The Bertz CT molecular complexity index is 1690. The fraction of sp³-hybridized carbons (Fsp3) is 0.438. The van der Waals surface area contributed by atoms with E-state index in [2.05, 4.69) is 12.2 Å². The lowest BCUT2D eigenvalue weighted by molar-refractivity contribution is -0.138. The third kappa shape index (κ3) is 6.85. The molecule has 1 aliphatic heterocycles. The minimum Gasteiger partial charge on any atom is -0.483 e. The third-order valence-corrected chi connectivity index (χ3v) is 8.65. The maximum absolute atomic E-state index is 16.9. The van der Waals surface area contributed by atoms with Crippen molar-refractivity contribution in [3.05, 3.63) is 68.2 Å². The number of benzene rings is 2. The summed E-state index contributed by atoms with van der Waals surface area (Å²) in [5, 5.41) is 19.0. The van der Waals surface area contributed by atoms with E-state index in [1.54, 1.807) is 26.1 Å². The highest BCUT2D eigenvalue weighted by Crippen LogP contribution is 2.34. The molecule has 0 saturated carbocycles. The summed E-state index contributed by atoms with van der Waals surface area (Å²) in [5.41, 5.74) is -1.42. The van der Waals surface area contributed by atoms with Crippen molar-refractivity contribution < 1.29 is 26.7 Å². The van der Waals surface area contributed by atoms with Gasteiger partial charge in [-0.1, -0.05) is 58.4 Å². The first-order valence-electron chi connectivity index (χ1n) is 14.1. The summed E-state index contributed by atoms with van der Waals surface area (Å²) in [6, 6.07) is 4.63. The first-order valence-corrected chi connectivity index (χ1v) is 14.9. The summed E-state index contributed by atoms with van der Waals surface area (Å²) in [6.45, 7) is 9.62. The Morgan fingerprint density at radius 3 is 2.42 bits per heavy atom. The van der Waals surface area contributed by atoms with Crippen LogP contribution >= 0.6 is 11.8 Å². The van der Waals surface area contributed by atoms with Crippen molar-refractivity contribution in [1.82, 2.24) is 4.90 Å². The average molecular weight is 621 g/mol. The van der Waals surface area contributed by atoms with Crippen LogP contribution in [0.4, 0.5) is 27.6 Å². The number of methoxy groups -OCH3 is 1. The molecule has 232 valence electrons. The number of nitriles is 1. The number of thioether (sulfide) groups is 1. The zero-order valence-electron chi connectivity index (χ0n) is 25.4. The van der Waals surface area contributed by atoms with Crippen molar-refractivity contribution in [2.45, 2.75) is 77.4 Å². The number of halogens is 5. The molecule has 2 N–H and O–H groups in total. The monoisotopic (exact) mass is 620 g/mol. The lowest BCUT2D eigenvalue weighted by atomic mass is 9.96. The van der Waals surface area contributed by atoms with Crippen molar-refractivity contribution >= 4 is 33.8 Å². The number of anilines is 1. The van der Waals surface area contributed by atoms with Crippen LogP contribution in [0, 0.1) is 44.7 Å². The summed E-state index contributed by atoms with van der Waals surface area (Å²) < 4.78 is 81.6. The number of hydrogen-bond donors (Lipinski definition) is 2. The molecular formula is C32H37F5N4OS. The Morgan fingerprint density at radius 1 is 1.21 bits per heavy atom. The number of nitrogens with zero attached hydrogens (tertiary/aromatic N) is 2. The molecule has 2 aromatic carbocycles. The van der Waals surface area contributed by atoms with E-state index in [9.17, 15) is 22.8 Å². The fourth-order valence-electron chi connectivity index (χ4n) is 5.35. The largest absolute Gasteiger partial charge is 0.483 e. The normalized spacial score (nSPS) is 15.8. The molecule has 0 saturated heterocycles. The van der Waals surface area contributed by atoms with E-state index in [1.165, 1.54) is 7.11 Å². The number of unbranched alkanes of at least 4 members (excludes halogenated alkanes) is 1. The Morgan fingerprint density at radius 2 is 1.88 bits per heavy atom. The van der Waals surface area contributed by atoms with Gasteiger partial charge in [0.05, 0.1) is 28.8 Å². The van der Waals surface area contributed by atoms with Crippen LogP contribution in [0.25, 0.3) is 11.3 Å². The van der Waals surface area contributed by atoms with Crippen LogP contribution in [0.5, 0.6) is 0 Å². The predicted octanol–water partition coefficient (Wildman–Crippen LogP) is 7.61. The van der Waals surface area contributed by atoms with E-state index in [-0.39, 0.29) is 54.7 Å². The van der Waals surface area contributed by atoms with Gasteiger partial charge in [0.25, 0.3) is 0 Å². The van der Waals surface area contributed by atoms with E-state index in [0.717, 1.165) is 37.5 Å². The number of nitrogens with one attached hydrogen (secondary N) is 2. The van der Waals surface area contributed by atoms with Crippen molar-refractivity contribution in [1.29, 1.82) is 10.7 Å². The Balaban J connectivity index is 2.69. The summed E-state index contributed by atoms with van der Waals surface area (Å²) in [7, 11) is 3.16. The third-order valence-electron chi connectivity index (χ3n) is 7.64. The molecule has 0 spiro atoms. The van der Waals surface area contributed by atoms with Gasteiger partial charge in [-0.25, -0.2) is 8.78 Å². The maximum atomic E-state index is 16.9. The standard InChI is InChI=1S/C32H37F5N4OS/c1-8-10-12-24(17(3)4)41(6)18(5)20-15-22(32(35,36)37)27(28(34)29(20)40-25(42-7)11-9-2)19-13-14-23(33)30-26(19)21(16-38)31(39)43-30/h11,13-15,17,24,39-40H,8-10,12H2,1-7H3/b20-18+,25-11-,27-19+,39-31?. The van der Waals surface area contributed by atoms with Crippen molar-refractivity contribution in [2.75, 3.05) is 19.5 Å². The molecular weight excluding hydrogens is 583 g/mol. The van der Waals surface area contributed by atoms with Gasteiger partial charge in [0, 0.05) is 34.4 Å². The highest BCUT2D eigenvalue weighted by atomic mass is 32.2. The molecule has 11 heteroatoms. The van der Waals surface area contributed by atoms with Gasteiger partial charge < -0.3 is 15.0 Å². The van der Waals surface area contributed by atoms with Crippen LogP contribution < -0.4 is 15.8 Å². The summed E-state index contributed by atoms with van der Waals surface area (Å²) in [4.78, 5) is 1.71. The van der Waals surface area contributed by atoms with E-state index < -0.39 is 28.6 Å². The van der Waals surface area contributed by atoms with Crippen LogP contribution in [0.15, 0.2) is 35.1 Å². The quantitative estimate of drug-likeness (QED) is 0.211. The molecule has 0 amide bonds. The van der Waals surface area contributed by atoms with Crippen molar-refractivity contribution in [3.63, 3.8) is 0 Å². The summed E-state index contributed by atoms with van der Waals surface area (Å²) >= 11 is 0.617. The Labute approximate surface area is 252 Å². The number of alkyl halides is 3. The number of hydrogen-bond acceptors (Lipinski definition) is 6. The maximum Gasteiger partial charge on any atom is 0.417 e. The molecule has 3 rings (SSSR count). The smallest absolute Gasteiger partial charge is 0.417 e. The number of allylic oxidation sites excluding steroid dienone is 1. The van der Waals surface area contributed by atoms with Crippen LogP contribution in [0.3, 0.4) is 0 Å². The predicted molar refractivity (Wildman–Crippen MR) is 161 cm³/mol. The second kappa shape index (κ2) is 13.8. The van der Waals surface area contributed by atoms with Gasteiger partial charge in [0.1, 0.15) is 16.9 Å². The van der Waals surface area contributed by atoms with Gasteiger partial charge in [0.15, 0.2) is 11.7 Å². The van der Waals surface area contributed by atoms with Gasteiger partial charge in [-0.3, -0.25) is 5.41 Å². The zero-order valence-corrected chi connectivity index (χ0v) is 26.2. The molecule has 0 aliphatic carbocycles. The van der Waals surface area contributed by atoms with Gasteiger partial charge >= 0.3 is 6.18 Å². The van der Waals surface area contributed by atoms with Gasteiger partial charge in [0.2, 0.25) is 0 Å². The highest BCUT2D eigenvalue weighted by Gasteiger charge is 2.35. The van der Waals surface area contributed by atoms with E-state index in [0.29, 0.717) is 23.9 Å². The molecule has 2 aromatic rings. The van der Waals surface area contributed by atoms with Crippen LogP contribution in [0.2, 0.25) is 0 Å². The Hall–Kier alpha value is -3.52. The molecule has 5 nitrogen and oxygen atoms in total. The van der Waals surface area contributed by atoms with Crippen LogP contribution in [-0.4, -0.2) is 30.1 Å². The first-order chi connectivity index (χ1) is 20.2. The van der Waals surface area contributed by atoms with Gasteiger partial charge in [-0.15, -0.1) is 0 Å². The average Bonchev–Trinajstić information content (AvgIpc) is 3.29. The minimum absolute atomic E-state index is 0.0114. The van der Waals surface area contributed by atoms with Gasteiger partial charge in [-0.2, -0.15) is 18.4 Å². The molecule has 1 atom stereocenters. The lowest BCUT2D eigenvalue weighted by Gasteiger charge is -2.34. The van der Waals surface area contributed by atoms with E-state index >= 15 is 4.39 Å². The molecule has 0 radical (unpaired) electrons. The topological polar surface area (TPSA) is 72.1 Å². The molecule has 0 aromatic heterocycles. The lowest BCUT2D eigenvalue weighted by Crippen LogP contribution is -2.37. The highest BCUT2D eigenvalue weighted by molar-refractivity contribution is 8.15. The molecule has 1 heterocycles. The van der Waals surface area contributed by atoms with E-state index in [4.69, 9.17) is 10.1 Å². The Kier molecular flexibility index (Phi) is 10.9. The van der Waals surface area contributed by atoms with E-state index in [1.807, 2.05) is 25.7 Å². The zero-order chi connectivity index (χ0) is 32.2.